The molecule has 156 valence electrons. The fraction of sp³-hybridized carbons (Fsp3) is 0.160. The highest BCUT2D eigenvalue weighted by Crippen LogP contribution is 2.38. The lowest BCUT2D eigenvalue weighted by molar-refractivity contribution is -0.137. The topological polar surface area (TPSA) is 62.7 Å². The third-order valence-corrected chi connectivity index (χ3v) is 5.22. The molecule has 1 aliphatic rings. The van der Waals surface area contributed by atoms with Gasteiger partial charge in [-0.1, -0.05) is 42.5 Å². The van der Waals surface area contributed by atoms with Crippen molar-refractivity contribution in [2.24, 2.45) is 0 Å². The molecule has 4 rings (SSSR count). The van der Waals surface area contributed by atoms with Crippen molar-refractivity contribution in [1.82, 2.24) is 9.88 Å². The first kappa shape index (κ1) is 20.3. The van der Waals surface area contributed by atoms with E-state index in [-0.39, 0.29) is 18.4 Å². The molecule has 0 N–H and O–H groups in total. The molecule has 0 bridgehead atoms. The summed E-state index contributed by atoms with van der Waals surface area (Å²) >= 11 is 0. The molecule has 1 aliphatic heterocycles. The van der Waals surface area contributed by atoms with Crippen LogP contribution in [0.5, 0.6) is 5.75 Å². The third kappa shape index (κ3) is 3.80. The molecule has 0 unspecified atom stereocenters. The average Bonchev–Trinajstić information content (AvgIpc) is 3.06. The average molecular weight is 413 g/mol. The molecule has 2 amide bonds. The minimum Gasteiger partial charge on any atom is -0.496 e. The summed E-state index contributed by atoms with van der Waals surface area (Å²) in [6.45, 7) is 2.58. The van der Waals surface area contributed by atoms with Gasteiger partial charge in [0.25, 0.3) is 11.8 Å². The molecule has 1 aromatic heterocycles. The smallest absolute Gasteiger partial charge is 0.278 e. The molecule has 31 heavy (non-hydrogen) atoms. The summed E-state index contributed by atoms with van der Waals surface area (Å²) in [5.41, 5.74) is 2.76. The Morgan fingerprint density at radius 1 is 0.903 bits per heavy atom. The number of ether oxygens (including phenoxy) is 1. The van der Waals surface area contributed by atoms with Crippen LogP contribution in [0.25, 0.3) is 5.57 Å². The van der Waals surface area contributed by atoms with Crippen LogP contribution in [0.4, 0.5) is 5.69 Å². The SMILES string of the molecule is CCN(C1=C(c2ccccc2OC)C(=O)N(Cc2ccccn2)C1=O)c1ccccc1. The van der Waals surface area contributed by atoms with Crippen LogP contribution in [0.2, 0.25) is 0 Å². The zero-order valence-corrected chi connectivity index (χ0v) is 17.5. The number of hydrogen-bond donors (Lipinski definition) is 0. The van der Waals surface area contributed by atoms with E-state index in [9.17, 15) is 9.59 Å². The molecule has 6 heteroatoms. The Balaban J connectivity index is 1.87. The number of methoxy groups -OCH3 is 1. The zero-order chi connectivity index (χ0) is 21.8. The van der Waals surface area contributed by atoms with Crippen molar-refractivity contribution in [2.45, 2.75) is 13.5 Å². The number of likely N-dealkylation sites (N-methyl/N-ethyl adjacent to an activating group) is 1. The molecule has 0 radical (unpaired) electrons. The second-order valence-corrected chi connectivity index (χ2v) is 7.02. The Kier molecular flexibility index (Phi) is 5.80. The maximum Gasteiger partial charge on any atom is 0.278 e. The van der Waals surface area contributed by atoms with Gasteiger partial charge in [0, 0.05) is 24.0 Å². The van der Waals surface area contributed by atoms with Gasteiger partial charge in [0.1, 0.15) is 11.4 Å². The normalized spacial score (nSPS) is 13.7. The van der Waals surface area contributed by atoms with Crippen molar-refractivity contribution in [2.75, 3.05) is 18.6 Å². The predicted molar refractivity (Wildman–Crippen MR) is 119 cm³/mol. The first-order valence-corrected chi connectivity index (χ1v) is 10.1. The summed E-state index contributed by atoms with van der Waals surface area (Å²) in [4.78, 5) is 34.6. The highest BCUT2D eigenvalue weighted by molar-refractivity contribution is 6.37. The molecule has 2 heterocycles. The summed E-state index contributed by atoms with van der Waals surface area (Å²) in [6, 6.07) is 22.3. The van der Waals surface area contributed by atoms with E-state index in [0.717, 1.165) is 5.69 Å². The van der Waals surface area contributed by atoms with Crippen LogP contribution in [0.1, 0.15) is 18.2 Å². The number of amides is 2. The number of para-hydroxylation sites is 2. The first-order valence-electron chi connectivity index (χ1n) is 10.1. The van der Waals surface area contributed by atoms with E-state index in [4.69, 9.17) is 4.74 Å². The number of imide groups is 1. The second-order valence-electron chi connectivity index (χ2n) is 7.02. The molecule has 0 spiro atoms. The highest BCUT2D eigenvalue weighted by Gasteiger charge is 2.42. The lowest BCUT2D eigenvalue weighted by Gasteiger charge is -2.25. The van der Waals surface area contributed by atoms with Gasteiger partial charge in [-0.3, -0.25) is 19.5 Å². The molecule has 6 nitrogen and oxygen atoms in total. The maximum atomic E-state index is 13.6. The van der Waals surface area contributed by atoms with E-state index in [2.05, 4.69) is 4.98 Å². The Morgan fingerprint density at radius 2 is 1.61 bits per heavy atom. The van der Waals surface area contributed by atoms with Crippen LogP contribution in [-0.2, 0) is 16.1 Å². The minimum atomic E-state index is -0.357. The fourth-order valence-corrected chi connectivity index (χ4v) is 3.78. The Hall–Kier alpha value is -3.93. The number of anilines is 1. The molecule has 2 aromatic carbocycles. The van der Waals surface area contributed by atoms with Crippen LogP contribution in [0, 0.1) is 0 Å². The number of benzene rings is 2. The molecule has 0 fully saturated rings. The van der Waals surface area contributed by atoms with Crippen LogP contribution < -0.4 is 9.64 Å². The van der Waals surface area contributed by atoms with Crippen molar-refractivity contribution in [1.29, 1.82) is 0 Å². The zero-order valence-electron chi connectivity index (χ0n) is 17.5. The number of rotatable bonds is 7. The van der Waals surface area contributed by atoms with Crippen LogP contribution in [-0.4, -0.2) is 35.4 Å². The third-order valence-electron chi connectivity index (χ3n) is 5.22. The molecule has 0 aliphatic carbocycles. The first-order chi connectivity index (χ1) is 15.2. The molecule has 0 atom stereocenters. The van der Waals surface area contributed by atoms with Gasteiger partial charge < -0.3 is 9.64 Å². The quantitative estimate of drug-likeness (QED) is 0.550. The van der Waals surface area contributed by atoms with Gasteiger partial charge in [-0.15, -0.1) is 0 Å². The summed E-state index contributed by atoms with van der Waals surface area (Å²) in [5, 5.41) is 0. The monoisotopic (exact) mass is 413 g/mol. The summed E-state index contributed by atoms with van der Waals surface area (Å²) < 4.78 is 5.52. The van der Waals surface area contributed by atoms with Gasteiger partial charge in [0.15, 0.2) is 0 Å². The Bertz CT molecular complexity index is 1130. The number of aromatic nitrogens is 1. The van der Waals surface area contributed by atoms with Gasteiger partial charge >= 0.3 is 0 Å². The van der Waals surface area contributed by atoms with Gasteiger partial charge in [0.05, 0.1) is 24.9 Å². The fourth-order valence-electron chi connectivity index (χ4n) is 3.78. The van der Waals surface area contributed by atoms with Crippen molar-refractivity contribution >= 4 is 23.1 Å². The summed E-state index contributed by atoms with van der Waals surface area (Å²) in [7, 11) is 1.56. The largest absolute Gasteiger partial charge is 0.496 e. The van der Waals surface area contributed by atoms with E-state index in [1.165, 1.54) is 4.90 Å². The van der Waals surface area contributed by atoms with Crippen LogP contribution in [0.15, 0.2) is 84.7 Å². The maximum absolute atomic E-state index is 13.6. The van der Waals surface area contributed by atoms with Crippen molar-refractivity contribution < 1.29 is 14.3 Å². The molecular weight excluding hydrogens is 390 g/mol. The van der Waals surface area contributed by atoms with E-state index < -0.39 is 0 Å². The molecule has 0 saturated carbocycles. The number of hydrogen-bond acceptors (Lipinski definition) is 5. The van der Waals surface area contributed by atoms with Gasteiger partial charge in [-0.05, 0) is 37.3 Å². The summed E-state index contributed by atoms with van der Waals surface area (Å²) in [6.07, 6.45) is 1.65. The van der Waals surface area contributed by atoms with Gasteiger partial charge in [0.2, 0.25) is 0 Å². The molecule has 0 saturated heterocycles. The lowest BCUT2D eigenvalue weighted by Crippen LogP contribution is -2.35. The van der Waals surface area contributed by atoms with Crippen molar-refractivity contribution in [3.05, 3.63) is 95.9 Å². The lowest BCUT2D eigenvalue weighted by atomic mass is 10.0. The predicted octanol–water partition coefficient (Wildman–Crippen LogP) is 3.90. The van der Waals surface area contributed by atoms with E-state index in [1.54, 1.807) is 31.5 Å². The Morgan fingerprint density at radius 3 is 2.29 bits per heavy atom. The Labute approximate surface area is 181 Å². The van der Waals surface area contributed by atoms with E-state index in [1.807, 2.05) is 66.4 Å². The van der Waals surface area contributed by atoms with E-state index >= 15 is 0 Å². The van der Waals surface area contributed by atoms with Crippen LogP contribution >= 0.6 is 0 Å². The molecule has 3 aromatic rings. The molecular formula is C25H23N3O3. The van der Waals surface area contributed by atoms with Crippen molar-refractivity contribution in [3.8, 4) is 5.75 Å². The number of nitrogens with zero attached hydrogens (tertiary/aromatic N) is 3. The second kappa shape index (κ2) is 8.83. The van der Waals surface area contributed by atoms with E-state index in [0.29, 0.717) is 34.8 Å². The van der Waals surface area contributed by atoms with Gasteiger partial charge in [-0.2, -0.15) is 0 Å². The van der Waals surface area contributed by atoms with Gasteiger partial charge in [-0.25, -0.2) is 0 Å². The minimum absolute atomic E-state index is 0.104. The van der Waals surface area contributed by atoms with Crippen LogP contribution in [0.3, 0.4) is 0 Å². The standard InChI is InChI=1S/C25H23N3O3/c1-3-27(19-12-5-4-6-13-19)23-22(20-14-7-8-15-21(20)31-2)24(29)28(25(23)30)17-18-11-9-10-16-26-18/h4-16H,3,17H2,1-2H3. The number of carbonyl (C=O) groups is 2. The highest BCUT2D eigenvalue weighted by atomic mass is 16.5. The number of pyridine rings is 1. The summed E-state index contributed by atoms with van der Waals surface area (Å²) in [5.74, 6) is -0.160. The number of carbonyl (C=O) groups excluding carboxylic acids is 2. The van der Waals surface area contributed by atoms with Crippen molar-refractivity contribution in [3.63, 3.8) is 0 Å².